The van der Waals surface area contributed by atoms with Crippen LogP contribution < -0.4 is 0 Å². The zero-order valence-electron chi connectivity index (χ0n) is 28.5. The number of amidine groups is 2. The second kappa shape index (κ2) is 16.1. The molecular formula is C34H44N6O6S2. The van der Waals surface area contributed by atoms with E-state index in [2.05, 4.69) is 34.6 Å². The van der Waals surface area contributed by atoms with Gasteiger partial charge in [0.25, 0.3) is 11.4 Å². The predicted molar refractivity (Wildman–Crippen MR) is 193 cm³/mol. The summed E-state index contributed by atoms with van der Waals surface area (Å²) in [6.07, 6.45) is 2.63. The van der Waals surface area contributed by atoms with Gasteiger partial charge in [-0.05, 0) is 67.2 Å². The van der Waals surface area contributed by atoms with E-state index < -0.39 is 9.85 Å². The number of nitro groups is 2. The lowest BCUT2D eigenvalue weighted by atomic mass is 9.85. The molecule has 12 nitrogen and oxygen atoms in total. The summed E-state index contributed by atoms with van der Waals surface area (Å²) in [5.74, 6) is 0.943. The summed E-state index contributed by atoms with van der Waals surface area (Å²) < 4.78 is 0. The van der Waals surface area contributed by atoms with Gasteiger partial charge >= 0.3 is 0 Å². The normalized spacial score (nSPS) is 20.3. The van der Waals surface area contributed by atoms with Crippen LogP contribution >= 0.6 is 23.5 Å². The molecule has 2 aromatic rings. The van der Waals surface area contributed by atoms with Gasteiger partial charge in [0.1, 0.15) is 0 Å². The largest absolute Gasteiger partial charge is 0.290 e. The number of non-ortho nitro benzene ring substituents is 2. The highest BCUT2D eigenvalue weighted by molar-refractivity contribution is 8.15. The average Bonchev–Trinajstić information content (AvgIpc) is 3.54. The fourth-order valence-corrected chi connectivity index (χ4v) is 8.07. The molecule has 258 valence electrons. The maximum absolute atomic E-state index is 13.9. The SMILES string of the molecule is CCC(CC)CN1C(=O)C(C(C)CC(C)[C@H](C)CN2C(=O)CSC2=Nc2ccc([N+](=O)[O-])cc2C)SC1=Nc1ccc([N+](=O)[O-])cc1C. The Labute approximate surface area is 290 Å². The lowest BCUT2D eigenvalue weighted by molar-refractivity contribution is -0.385. The molecule has 2 heterocycles. The lowest BCUT2D eigenvalue weighted by Crippen LogP contribution is -2.38. The summed E-state index contributed by atoms with van der Waals surface area (Å²) in [5, 5.41) is 23.3. The van der Waals surface area contributed by atoms with Crippen molar-refractivity contribution in [2.24, 2.45) is 33.7 Å². The highest BCUT2D eigenvalue weighted by Gasteiger charge is 2.42. The van der Waals surface area contributed by atoms with Crippen LogP contribution in [0.1, 0.15) is 65.0 Å². The van der Waals surface area contributed by atoms with Gasteiger partial charge < -0.3 is 0 Å². The predicted octanol–water partition coefficient (Wildman–Crippen LogP) is 8.05. The molecule has 0 aromatic heterocycles. The van der Waals surface area contributed by atoms with Crippen molar-refractivity contribution in [2.75, 3.05) is 18.8 Å². The fourth-order valence-electron chi connectivity index (χ4n) is 5.93. The summed E-state index contributed by atoms with van der Waals surface area (Å²) in [7, 11) is 0. The maximum atomic E-state index is 13.9. The van der Waals surface area contributed by atoms with Crippen LogP contribution in [0.15, 0.2) is 46.4 Å². The first-order valence-corrected chi connectivity index (χ1v) is 18.2. The topological polar surface area (TPSA) is 152 Å². The van der Waals surface area contributed by atoms with Gasteiger partial charge in [0.2, 0.25) is 11.8 Å². The zero-order valence-corrected chi connectivity index (χ0v) is 30.2. The Morgan fingerprint density at radius 2 is 1.38 bits per heavy atom. The van der Waals surface area contributed by atoms with Crippen molar-refractivity contribution >= 4 is 68.4 Å². The molecule has 2 aromatic carbocycles. The monoisotopic (exact) mass is 696 g/mol. The third kappa shape index (κ3) is 8.62. The number of thioether (sulfide) groups is 2. The quantitative estimate of drug-likeness (QED) is 0.142. The number of carbonyl (C=O) groups is 2. The van der Waals surface area contributed by atoms with Crippen LogP contribution in [-0.4, -0.2) is 65.9 Å². The first-order chi connectivity index (χ1) is 22.7. The molecule has 0 radical (unpaired) electrons. The average molecular weight is 697 g/mol. The van der Waals surface area contributed by atoms with Crippen LogP contribution in [0.2, 0.25) is 0 Å². The first-order valence-electron chi connectivity index (χ1n) is 16.3. The van der Waals surface area contributed by atoms with Crippen molar-refractivity contribution in [3.63, 3.8) is 0 Å². The molecule has 4 rings (SSSR count). The molecule has 2 saturated heterocycles. The van der Waals surface area contributed by atoms with E-state index in [0.717, 1.165) is 19.3 Å². The molecule has 2 fully saturated rings. The standard InChI is InChI=1S/C34H44N6O6S2/c1-8-25(9-2)18-38-32(42)31(48-34(38)36-29-13-11-27(40(45)46)16-22(29)5)23(6)14-20(3)24(7)17-37-30(41)19-47-33(37)35-28-12-10-26(39(43)44)15-21(28)4/h10-13,15-16,20,23-25,31H,8-9,14,17-19H2,1-7H3/t20?,23?,24-,31?/m1/s1. The Morgan fingerprint density at radius 1 is 0.833 bits per heavy atom. The summed E-state index contributed by atoms with van der Waals surface area (Å²) >= 11 is 2.83. The molecule has 2 aliphatic heterocycles. The van der Waals surface area contributed by atoms with Gasteiger partial charge in [0.15, 0.2) is 10.3 Å². The van der Waals surface area contributed by atoms with E-state index in [1.165, 1.54) is 47.8 Å². The molecule has 2 amide bonds. The molecule has 2 aliphatic rings. The molecule has 0 aliphatic carbocycles. The molecule has 0 N–H and O–H groups in total. The van der Waals surface area contributed by atoms with Gasteiger partial charge in [0, 0.05) is 37.4 Å². The number of hydrogen-bond acceptors (Lipinski definition) is 10. The molecule has 4 atom stereocenters. The van der Waals surface area contributed by atoms with Crippen LogP contribution in [-0.2, 0) is 9.59 Å². The third-order valence-electron chi connectivity index (χ3n) is 9.34. The summed E-state index contributed by atoms with van der Waals surface area (Å²) in [6.45, 7) is 15.2. The number of amides is 2. The zero-order chi connectivity index (χ0) is 35.3. The molecule has 0 saturated carbocycles. The van der Waals surface area contributed by atoms with E-state index in [9.17, 15) is 29.8 Å². The number of nitrogens with zero attached hydrogens (tertiary/aromatic N) is 6. The van der Waals surface area contributed by atoms with Crippen molar-refractivity contribution in [1.82, 2.24) is 9.80 Å². The second-order valence-electron chi connectivity index (χ2n) is 12.9. The van der Waals surface area contributed by atoms with Crippen molar-refractivity contribution in [3.05, 3.63) is 67.8 Å². The second-order valence-corrected chi connectivity index (χ2v) is 14.9. The highest BCUT2D eigenvalue weighted by Crippen LogP contribution is 2.39. The van der Waals surface area contributed by atoms with Crippen LogP contribution in [0.5, 0.6) is 0 Å². The minimum absolute atomic E-state index is 0.00236. The Kier molecular flexibility index (Phi) is 12.4. The molecule has 14 heteroatoms. The van der Waals surface area contributed by atoms with E-state index in [-0.39, 0.29) is 51.9 Å². The van der Waals surface area contributed by atoms with Crippen LogP contribution in [0.25, 0.3) is 0 Å². The fraction of sp³-hybridized carbons (Fsp3) is 0.529. The first kappa shape index (κ1) is 37.0. The van der Waals surface area contributed by atoms with Gasteiger partial charge in [0.05, 0.1) is 32.2 Å². The van der Waals surface area contributed by atoms with Crippen molar-refractivity contribution in [3.8, 4) is 0 Å². The number of aliphatic imine (C=N–C) groups is 2. The van der Waals surface area contributed by atoms with Gasteiger partial charge in [-0.2, -0.15) is 0 Å². The summed E-state index contributed by atoms with van der Waals surface area (Å²) in [5.41, 5.74) is 2.54. The smallest absolute Gasteiger partial charge is 0.269 e. The maximum Gasteiger partial charge on any atom is 0.269 e. The number of carbonyl (C=O) groups excluding carboxylic acids is 2. The summed E-state index contributed by atoms with van der Waals surface area (Å²) in [4.78, 5) is 61.5. The number of nitro benzene ring substituents is 2. The Morgan fingerprint density at radius 3 is 1.88 bits per heavy atom. The van der Waals surface area contributed by atoms with E-state index in [4.69, 9.17) is 9.98 Å². The Balaban J connectivity index is 1.49. The molecule has 3 unspecified atom stereocenters. The number of benzene rings is 2. The van der Waals surface area contributed by atoms with Gasteiger partial charge in [-0.1, -0.05) is 71.0 Å². The summed E-state index contributed by atoms with van der Waals surface area (Å²) in [6, 6.07) is 9.09. The van der Waals surface area contributed by atoms with Crippen LogP contribution in [0, 0.1) is 57.7 Å². The number of hydrogen-bond donors (Lipinski definition) is 0. The van der Waals surface area contributed by atoms with E-state index in [1.54, 1.807) is 30.9 Å². The molecular weight excluding hydrogens is 653 g/mol. The van der Waals surface area contributed by atoms with Gasteiger partial charge in [-0.15, -0.1) is 0 Å². The minimum atomic E-state index is -0.441. The van der Waals surface area contributed by atoms with E-state index in [1.807, 2.05) is 4.90 Å². The lowest BCUT2D eigenvalue weighted by Gasteiger charge is -2.28. The molecule has 48 heavy (non-hydrogen) atoms. The number of rotatable bonds is 14. The van der Waals surface area contributed by atoms with Gasteiger partial charge in [-0.25, -0.2) is 9.98 Å². The van der Waals surface area contributed by atoms with Crippen molar-refractivity contribution in [1.29, 1.82) is 0 Å². The van der Waals surface area contributed by atoms with Crippen LogP contribution in [0.4, 0.5) is 22.7 Å². The molecule has 0 bridgehead atoms. The Bertz CT molecular complexity index is 1630. The third-order valence-corrected chi connectivity index (χ3v) is 11.7. The van der Waals surface area contributed by atoms with Crippen LogP contribution in [0.3, 0.4) is 0 Å². The van der Waals surface area contributed by atoms with E-state index in [0.29, 0.717) is 51.8 Å². The minimum Gasteiger partial charge on any atom is -0.290 e. The van der Waals surface area contributed by atoms with Crippen molar-refractivity contribution < 1.29 is 19.4 Å². The van der Waals surface area contributed by atoms with E-state index >= 15 is 0 Å². The van der Waals surface area contributed by atoms with Gasteiger partial charge in [-0.3, -0.25) is 39.6 Å². The van der Waals surface area contributed by atoms with Crippen molar-refractivity contribution in [2.45, 2.75) is 73.0 Å². The highest BCUT2D eigenvalue weighted by atomic mass is 32.2. The number of aryl methyl sites for hydroxylation is 2. The molecule has 0 spiro atoms. The Hall–Kier alpha value is -3.78.